The Hall–Kier alpha value is -1.28. The Balaban J connectivity index is 2.06. The summed E-state index contributed by atoms with van der Waals surface area (Å²) in [5.74, 6) is 0.0367. The van der Waals surface area contributed by atoms with Crippen molar-refractivity contribution in [2.45, 2.75) is 50.5 Å². The summed E-state index contributed by atoms with van der Waals surface area (Å²) in [4.78, 5) is 2.02. The molecule has 2 aliphatic rings. The van der Waals surface area contributed by atoms with Crippen LogP contribution >= 0.6 is 0 Å². The Morgan fingerprint density at radius 3 is 2.07 bits per heavy atom. The quantitative estimate of drug-likeness (QED) is 0.705. The number of hydrogen-bond acceptors (Lipinski definition) is 2. The largest absolute Gasteiger partial charge is 0.416 e. The van der Waals surface area contributed by atoms with Crippen LogP contribution in [0.2, 0.25) is 0 Å². The lowest BCUT2D eigenvalue weighted by Crippen LogP contribution is -2.47. The van der Waals surface area contributed by atoms with E-state index in [1.165, 1.54) is 0 Å². The van der Waals surface area contributed by atoms with Crippen LogP contribution in [0.3, 0.4) is 0 Å². The highest BCUT2D eigenvalue weighted by Crippen LogP contribution is 2.45. The molecule has 1 saturated heterocycles. The molecular weight excluding hydrogens is 370 g/mol. The first-order valence-corrected chi connectivity index (χ1v) is 9.41. The number of rotatable bonds is 3. The molecule has 2 fully saturated rings. The molecule has 0 amide bonds. The van der Waals surface area contributed by atoms with Crippen molar-refractivity contribution in [2.24, 2.45) is 5.92 Å². The summed E-state index contributed by atoms with van der Waals surface area (Å²) >= 11 is 0. The zero-order chi connectivity index (χ0) is 19.7. The number of nitrogens with zero attached hydrogens (tertiary/aromatic N) is 1. The molecule has 1 N–H and O–H groups in total. The monoisotopic (exact) mass is 394 g/mol. The minimum absolute atomic E-state index is 0.00991. The SMILES string of the molecule is FC(F)(F)c1ccc([C@H](C2CCCCC2)N2CCNCC2)c(C(F)(F)F)c1. The molecule has 0 bridgehead atoms. The fraction of sp³-hybridized carbons (Fsp3) is 0.684. The first-order valence-electron chi connectivity index (χ1n) is 9.41. The summed E-state index contributed by atoms with van der Waals surface area (Å²) < 4.78 is 80.2. The van der Waals surface area contributed by atoms with Gasteiger partial charge in [-0.25, -0.2) is 0 Å². The van der Waals surface area contributed by atoms with Gasteiger partial charge in [0, 0.05) is 32.2 Å². The Labute approximate surface area is 154 Å². The van der Waals surface area contributed by atoms with Crippen LogP contribution in [0.4, 0.5) is 26.3 Å². The van der Waals surface area contributed by atoms with Gasteiger partial charge in [-0.05, 0) is 36.5 Å². The van der Waals surface area contributed by atoms with Crippen LogP contribution in [0.25, 0.3) is 0 Å². The van der Waals surface area contributed by atoms with Gasteiger partial charge in [-0.1, -0.05) is 25.3 Å². The van der Waals surface area contributed by atoms with Crippen LogP contribution in [-0.4, -0.2) is 31.1 Å². The average molecular weight is 394 g/mol. The van der Waals surface area contributed by atoms with Crippen molar-refractivity contribution >= 4 is 0 Å². The van der Waals surface area contributed by atoms with Gasteiger partial charge in [-0.2, -0.15) is 26.3 Å². The van der Waals surface area contributed by atoms with Gasteiger partial charge in [0.05, 0.1) is 11.1 Å². The van der Waals surface area contributed by atoms with Crippen LogP contribution in [-0.2, 0) is 12.4 Å². The molecule has 1 aromatic carbocycles. The Bertz CT molecular complexity index is 610. The topological polar surface area (TPSA) is 15.3 Å². The molecule has 1 saturated carbocycles. The van der Waals surface area contributed by atoms with E-state index in [1.807, 2.05) is 4.90 Å². The van der Waals surface area contributed by atoms with E-state index in [-0.39, 0.29) is 17.5 Å². The summed E-state index contributed by atoms with van der Waals surface area (Å²) in [5, 5.41) is 3.19. The lowest BCUT2D eigenvalue weighted by molar-refractivity contribution is -0.144. The third-order valence-corrected chi connectivity index (χ3v) is 5.65. The van der Waals surface area contributed by atoms with Crippen molar-refractivity contribution in [3.05, 3.63) is 34.9 Å². The molecular formula is C19H24F6N2. The molecule has 1 aliphatic heterocycles. The molecule has 1 aliphatic carbocycles. The van der Waals surface area contributed by atoms with Crippen molar-refractivity contribution in [2.75, 3.05) is 26.2 Å². The maximum atomic E-state index is 13.7. The smallest absolute Gasteiger partial charge is 0.314 e. The summed E-state index contributed by atoms with van der Waals surface area (Å²) in [6.07, 6.45) is -5.03. The van der Waals surface area contributed by atoms with Crippen LogP contribution < -0.4 is 5.32 Å². The number of halogens is 6. The van der Waals surface area contributed by atoms with Gasteiger partial charge in [-0.15, -0.1) is 0 Å². The lowest BCUT2D eigenvalue weighted by atomic mass is 9.78. The van der Waals surface area contributed by atoms with E-state index in [1.54, 1.807) is 0 Å². The summed E-state index contributed by atoms with van der Waals surface area (Å²) in [6.45, 7) is 2.54. The van der Waals surface area contributed by atoms with Gasteiger partial charge in [0.2, 0.25) is 0 Å². The fourth-order valence-electron chi connectivity index (χ4n) is 4.39. The van der Waals surface area contributed by atoms with Gasteiger partial charge in [-0.3, -0.25) is 4.90 Å². The van der Waals surface area contributed by atoms with Gasteiger partial charge in [0.25, 0.3) is 0 Å². The predicted molar refractivity (Wildman–Crippen MR) is 90.2 cm³/mol. The Kier molecular flexibility index (Phi) is 6.05. The molecule has 0 unspecified atom stereocenters. The van der Waals surface area contributed by atoms with E-state index >= 15 is 0 Å². The van der Waals surface area contributed by atoms with Crippen molar-refractivity contribution in [3.63, 3.8) is 0 Å². The summed E-state index contributed by atoms with van der Waals surface area (Å²) in [7, 11) is 0. The molecule has 0 radical (unpaired) electrons. The Morgan fingerprint density at radius 1 is 0.889 bits per heavy atom. The lowest BCUT2D eigenvalue weighted by Gasteiger charge is -2.42. The van der Waals surface area contributed by atoms with Crippen molar-refractivity contribution in [3.8, 4) is 0 Å². The van der Waals surface area contributed by atoms with Crippen molar-refractivity contribution in [1.29, 1.82) is 0 Å². The summed E-state index contributed by atoms with van der Waals surface area (Å²) in [5.41, 5.74) is -2.41. The van der Waals surface area contributed by atoms with E-state index in [9.17, 15) is 26.3 Å². The molecule has 1 heterocycles. The molecule has 0 aromatic heterocycles. The number of benzene rings is 1. The van der Waals surface area contributed by atoms with Crippen molar-refractivity contribution < 1.29 is 26.3 Å². The minimum Gasteiger partial charge on any atom is -0.314 e. The van der Waals surface area contributed by atoms with E-state index < -0.39 is 29.5 Å². The molecule has 1 aromatic rings. The second kappa shape index (κ2) is 7.99. The standard InChI is InChI=1S/C19H24F6N2/c20-18(21,22)14-6-7-15(16(12-14)19(23,24)25)17(13-4-2-1-3-5-13)27-10-8-26-9-11-27/h6-7,12-13,17,26H,1-5,8-11H2/t17-/m0/s1. The normalized spacial score (nSPS) is 22.0. The van der Waals surface area contributed by atoms with Gasteiger partial charge in [0.15, 0.2) is 0 Å². The zero-order valence-corrected chi connectivity index (χ0v) is 15.0. The second-order valence-corrected chi connectivity index (χ2v) is 7.43. The summed E-state index contributed by atoms with van der Waals surface area (Å²) in [6, 6.07) is 1.65. The molecule has 8 heteroatoms. The molecule has 1 atom stereocenters. The van der Waals surface area contributed by atoms with E-state index in [4.69, 9.17) is 0 Å². The van der Waals surface area contributed by atoms with Gasteiger partial charge in [0.1, 0.15) is 0 Å². The molecule has 3 rings (SSSR count). The maximum absolute atomic E-state index is 13.7. The van der Waals surface area contributed by atoms with Crippen LogP contribution in [0, 0.1) is 5.92 Å². The Morgan fingerprint density at radius 2 is 1.52 bits per heavy atom. The highest BCUT2D eigenvalue weighted by atomic mass is 19.4. The number of nitrogens with one attached hydrogen (secondary N) is 1. The van der Waals surface area contributed by atoms with Crippen LogP contribution in [0.15, 0.2) is 18.2 Å². The zero-order valence-electron chi connectivity index (χ0n) is 15.0. The van der Waals surface area contributed by atoms with Crippen LogP contribution in [0.5, 0.6) is 0 Å². The van der Waals surface area contributed by atoms with Crippen LogP contribution in [0.1, 0.15) is 54.8 Å². The first kappa shape index (κ1) is 20.5. The predicted octanol–water partition coefficient (Wildman–Crippen LogP) is 5.25. The molecule has 0 spiro atoms. The van der Waals surface area contributed by atoms with Gasteiger partial charge >= 0.3 is 12.4 Å². The highest BCUT2D eigenvalue weighted by Gasteiger charge is 2.42. The fourth-order valence-corrected chi connectivity index (χ4v) is 4.39. The average Bonchev–Trinajstić information content (AvgIpc) is 2.62. The number of hydrogen-bond donors (Lipinski definition) is 1. The molecule has 152 valence electrons. The third-order valence-electron chi connectivity index (χ3n) is 5.65. The third kappa shape index (κ3) is 4.77. The van der Waals surface area contributed by atoms with Crippen molar-refractivity contribution in [1.82, 2.24) is 10.2 Å². The maximum Gasteiger partial charge on any atom is 0.416 e. The molecule has 2 nitrogen and oxygen atoms in total. The minimum atomic E-state index is -4.82. The van der Waals surface area contributed by atoms with E-state index in [0.29, 0.717) is 26.2 Å². The van der Waals surface area contributed by atoms with E-state index in [2.05, 4.69) is 5.32 Å². The second-order valence-electron chi connectivity index (χ2n) is 7.43. The first-order chi connectivity index (χ1) is 12.7. The number of alkyl halides is 6. The highest BCUT2D eigenvalue weighted by molar-refractivity contribution is 5.38. The van der Waals surface area contributed by atoms with E-state index in [0.717, 1.165) is 44.2 Å². The number of piperazine rings is 1. The molecule has 27 heavy (non-hydrogen) atoms. The van der Waals surface area contributed by atoms with Gasteiger partial charge < -0.3 is 5.32 Å².